The molecule has 0 aliphatic carbocycles. The molecule has 1 heterocycles. The number of fused-ring (bicyclic) bond motifs is 1. The van der Waals surface area contributed by atoms with Crippen LogP contribution in [0.25, 0.3) is 10.8 Å². The Labute approximate surface area is 141 Å². The number of nitrogens with one attached hydrogen (secondary N) is 1. The minimum absolute atomic E-state index is 0. The van der Waals surface area contributed by atoms with Gasteiger partial charge in [0.1, 0.15) is 0 Å². The average molecular weight is 330 g/mol. The van der Waals surface area contributed by atoms with Gasteiger partial charge in [-0.25, -0.2) is 4.68 Å². The van der Waals surface area contributed by atoms with Gasteiger partial charge in [0, 0.05) is 11.9 Å². The fraction of sp³-hybridized carbons (Fsp3) is 0.222. The van der Waals surface area contributed by atoms with Crippen molar-refractivity contribution >= 4 is 23.2 Å². The predicted octanol–water partition coefficient (Wildman–Crippen LogP) is 2.82. The molecule has 2 aromatic carbocycles. The van der Waals surface area contributed by atoms with Gasteiger partial charge in [-0.1, -0.05) is 48.5 Å². The highest BCUT2D eigenvalue weighted by Crippen LogP contribution is 2.13. The molecule has 0 radical (unpaired) electrons. The third kappa shape index (κ3) is 3.78. The first-order valence-electron chi connectivity index (χ1n) is 7.44. The number of aromatic nitrogens is 2. The Morgan fingerprint density at radius 1 is 1.09 bits per heavy atom. The molecule has 3 aromatic rings. The van der Waals surface area contributed by atoms with Crippen molar-refractivity contribution in [3.8, 4) is 0 Å². The molecule has 0 amide bonds. The van der Waals surface area contributed by atoms with E-state index in [2.05, 4.69) is 22.5 Å². The zero-order valence-electron chi connectivity index (χ0n) is 13.0. The molecular weight excluding hydrogens is 310 g/mol. The van der Waals surface area contributed by atoms with Crippen molar-refractivity contribution in [1.29, 1.82) is 0 Å². The van der Waals surface area contributed by atoms with Gasteiger partial charge < -0.3 is 5.32 Å². The number of benzene rings is 2. The summed E-state index contributed by atoms with van der Waals surface area (Å²) in [6.07, 6.45) is 2.54. The first kappa shape index (κ1) is 17.2. The highest BCUT2D eigenvalue weighted by Gasteiger charge is 2.15. The topological polar surface area (TPSA) is 46.9 Å². The molecule has 120 valence electrons. The number of nitrogens with zero attached hydrogens (tertiary/aromatic N) is 2. The van der Waals surface area contributed by atoms with E-state index < -0.39 is 0 Å². The van der Waals surface area contributed by atoms with Crippen molar-refractivity contribution < 1.29 is 0 Å². The van der Waals surface area contributed by atoms with Gasteiger partial charge in [0.2, 0.25) is 0 Å². The zero-order valence-corrected chi connectivity index (χ0v) is 13.8. The van der Waals surface area contributed by atoms with Crippen molar-refractivity contribution in [3.05, 3.63) is 76.7 Å². The number of hydrogen-bond donors (Lipinski definition) is 1. The van der Waals surface area contributed by atoms with E-state index in [0.717, 1.165) is 11.8 Å². The lowest BCUT2D eigenvalue weighted by molar-refractivity contribution is 0.418. The second-order valence-electron chi connectivity index (χ2n) is 5.38. The van der Waals surface area contributed by atoms with Crippen molar-refractivity contribution in [2.75, 3.05) is 13.6 Å². The fourth-order valence-electron chi connectivity index (χ4n) is 2.73. The summed E-state index contributed by atoms with van der Waals surface area (Å²) in [5, 5.41) is 9.14. The van der Waals surface area contributed by atoms with E-state index >= 15 is 0 Å². The molecule has 0 bridgehead atoms. The molecule has 0 aliphatic rings. The van der Waals surface area contributed by atoms with Crippen molar-refractivity contribution in [2.45, 2.75) is 12.5 Å². The molecule has 5 heteroatoms. The Bertz CT molecular complexity index is 817. The third-order valence-corrected chi connectivity index (χ3v) is 3.82. The molecule has 0 fully saturated rings. The zero-order chi connectivity index (χ0) is 15.4. The lowest BCUT2D eigenvalue weighted by atomic mass is 10.1. The second kappa shape index (κ2) is 7.90. The van der Waals surface area contributed by atoms with Gasteiger partial charge in [-0.2, -0.15) is 5.10 Å². The lowest BCUT2D eigenvalue weighted by Gasteiger charge is -2.19. The number of hydrogen-bond acceptors (Lipinski definition) is 3. The molecule has 3 rings (SSSR count). The van der Waals surface area contributed by atoms with Gasteiger partial charge in [-0.15, -0.1) is 12.4 Å². The van der Waals surface area contributed by atoms with E-state index in [1.165, 1.54) is 5.56 Å². The van der Waals surface area contributed by atoms with E-state index in [4.69, 9.17) is 0 Å². The smallest absolute Gasteiger partial charge is 0.274 e. The Morgan fingerprint density at radius 2 is 1.78 bits per heavy atom. The summed E-state index contributed by atoms with van der Waals surface area (Å²) in [6.45, 7) is 0.695. The molecule has 23 heavy (non-hydrogen) atoms. The Morgan fingerprint density at radius 3 is 2.52 bits per heavy atom. The van der Waals surface area contributed by atoms with E-state index in [1.54, 1.807) is 10.9 Å². The normalized spacial score (nSPS) is 11.9. The van der Waals surface area contributed by atoms with Gasteiger partial charge in [-0.3, -0.25) is 4.79 Å². The van der Waals surface area contributed by atoms with Crippen LogP contribution in [-0.2, 0) is 6.42 Å². The predicted molar refractivity (Wildman–Crippen MR) is 96.4 cm³/mol. The van der Waals surface area contributed by atoms with Crippen LogP contribution in [0.3, 0.4) is 0 Å². The molecule has 0 saturated heterocycles. The molecule has 1 aromatic heterocycles. The maximum absolute atomic E-state index is 12.7. The summed E-state index contributed by atoms with van der Waals surface area (Å²) < 4.78 is 1.60. The van der Waals surface area contributed by atoms with Crippen molar-refractivity contribution in [2.24, 2.45) is 0 Å². The maximum Gasteiger partial charge on any atom is 0.274 e. The Hall–Kier alpha value is -2.17. The minimum Gasteiger partial charge on any atom is -0.318 e. The first-order valence-corrected chi connectivity index (χ1v) is 7.44. The molecule has 0 aliphatic heterocycles. The van der Waals surface area contributed by atoms with Crippen LogP contribution in [0.4, 0.5) is 0 Å². The highest BCUT2D eigenvalue weighted by molar-refractivity contribution is 5.85. The number of rotatable bonds is 5. The van der Waals surface area contributed by atoms with Crippen LogP contribution in [0.15, 0.2) is 65.6 Å². The van der Waals surface area contributed by atoms with Gasteiger partial charge >= 0.3 is 0 Å². The molecule has 4 nitrogen and oxygen atoms in total. The van der Waals surface area contributed by atoms with Crippen molar-refractivity contribution in [1.82, 2.24) is 15.1 Å². The largest absolute Gasteiger partial charge is 0.318 e. The van der Waals surface area contributed by atoms with E-state index in [0.29, 0.717) is 11.9 Å². The summed E-state index contributed by atoms with van der Waals surface area (Å²) in [5.74, 6) is 0. The lowest BCUT2D eigenvalue weighted by Crippen LogP contribution is -2.34. The van der Waals surface area contributed by atoms with Crippen LogP contribution in [0, 0.1) is 0 Å². The second-order valence-corrected chi connectivity index (χ2v) is 5.38. The fourth-order valence-corrected chi connectivity index (χ4v) is 2.73. The number of halogens is 1. The average Bonchev–Trinajstić information content (AvgIpc) is 2.56. The van der Waals surface area contributed by atoms with E-state index in [-0.39, 0.29) is 24.0 Å². The van der Waals surface area contributed by atoms with Crippen LogP contribution in [0.2, 0.25) is 0 Å². The Kier molecular flexibility index (Phi) is 5.90. The van der Waals surface area contributed by atoms with Gasteiger partial charge in [0.05, 0.1) is 17.6 Å². The summed E-state index contributed by atoms with van der Waals surface area (Å²) in [4.78, 5) is 12.7. The van der Waals surface area contributed by atoms with Gasteiger partial charge in [0.15, 0.2) is 0 Å². The molecule has 1 unspecified atom stereocenters. The standard InChI is InChI=1S/C18H19N3O.ClH/c1-19-13-16(11-14-7-3-2-4-8-14)21-18(22)17-10-6-5-9-15(17)12-20-21;/h2-10,12,16,19H,11,13H2,1H3;1H. The van der Waals surface area contributed by atoms with Crippen LogP contribution >= 0.6 is 12.4 Å². The number of likely N-dealkylation sites (N-methyl/N-ethyl adjacent to an activating group) is 1. The SMILES string of the molecule is CNCC(Cc1ccccc1)n1ncc2ccccc2c1=O.Cl. The van der Waals surface area contributed by atoms with E-state index in [9.17, 15) is 4.79 Å². The van der Waals surface area contributed by atoms with Crippen molar-refractivity contribution in [3.63, 3.8) is 0 Å². The minimum atomic E-state index is -0.0331. The summed E-state index contributed by atoms with van der Waals surface area (Å²) in [5.41, 5.74) is 1.17. The van der Waals surface area contributed by atoms with Gasteiger partial charge in [-0.05, 0) is 25.1 Å². The monoisotopic (exact) mass is 329 g/mol. The van der Waals surface area contributed by atoms with E-state index in [1.807, 2.05) is 49.5 Å². The van der Waals surface area contributed by atoms with Crippen LogP contribution in [-0.4, -0.2) is 23.4 Å². The third-order valence-electron chi connectivity index (χ3n) is 3.82. The molecular formula is C18H20ClN3O. The quantitative estimate of drug-likeness (QED) is 0.783. The summed E-state index contributed by atoms with van der Waals surface area (Å²) in [6, 6.07) is 17.8. The maximum atomic E-state index is 12.7. The van der Waals surface area contributed by atoms with Gasteiger partial charge in [0.25, 0.3) is 5.56 Å². The van der Waals surface area contributed by atoms with Crippen LogP contribution in [0.5, 0.6) is 0 Å². The molecule has 1 N–H and O–H groups in total. The molecule has 0 spiro atoms. The molecule has 0 saturated carbocycles. The Balaban J connectivity index is 0.00000192. The van der Waals surface area contributed by atoms with Crippen LogP contribution in [0.1, 0.15) is 11.6 Å². The summed E-state index contributed by atoms with van der Waals surface area (Å²) >= 11 is 0. The highest BCUT2D eigenvalue weighted by atomic mass is 35.5. The first-order chi connectivity index (χ1) is 10.8. The molecule has 1 atom stereocenters. The summed E-state index contributed by atoms with van der Waals surface area (Å²) in [7, 11) is 1.89. The van der Waals surface area contributed by atoms with Crippen LogP contribution < -0.4 is 10.9 Å².